The van der Waals surface area contributed by atoms with Crippen molar-refractivity contribution in [3.05, 3.63) is 0 Å². The lowest BCUT2D eigenvalue weighted by Gasteiger charge is -2.27. The third-order valence-electron chi connectivity index (χ3n) is 3.45. The normalized spacial score (nSPS) is 17.1. The molecule has 0 aliphatic heterocycles. The lowest BCUT2D eigenvalue weighted by atomic mass is 10.0. The summed E-state index contributed by atoms with van der Waals surface area (Å²) in [6.45, 7) is 12.3. The first-order chi connectivity index (χ1) is 7.17. The van der Waals surface area contributed by atoms with Crippen LogP contribution in [0.1, 0.15) is 54.4 Å². The molecule has 0 aromatic rings. The quantitative estimate of drug-likeness (QED) is 0.753. The molecule has 0 aliphatic rings. The summed E-state index contributed by atoms with van der Waals surface area (Å²) in [5.41, 5.74) is 0.0131. The summed E-state index contributed by atoms with van der Waals surface area (Å²) in [5, 5.41) is 2.76. The van der Waals surface area contributed by atoms with Crippen molar-refractivity contribution in [2.45, 2.75) is 70.4 Å². The highest BCUT2D eigenvalue weighted by atomic mass is 32.2. The minimum absolute atomic E-state index is 0.0131. The van der Waals surface area contributed by atoms with E-state index in [0.29, 0.717) is 13.0 Å². The first-order valence-corrected chi connectivity index (χ1v) is 7.76. The van der Waals surface area contributed by atoms with Gasteiger partial charge in [-0.05, 0) is 40.5 Å². The summed E-state index contributed by atoms with van der Waals surface area (Å²) >= 11 is 0. The predicted octanol–water partition coefficient (Wildman–Crippen LogP) is 2.37. The van der Waals surface area contributed by atoms with Crippen molar-refractivity contribution < 1.29 is 8.42 Å². The lowest BCUT2D eigenvalue weighted by molar-refractivity contribution is 0.376. The highest BCUT2D eigenvalue weighted by Gasteiger charge is 2.27. The Hall–Kier alpha value is -0.0900. The molecular formula is C12H27NO2S. The second kappa shape index (κ2) is 6.01. The second-order valence-electron chi connectivity index (χ2n) is 5.24. The zero-order chi connectivity index (χ0) is 13.0. The van der Waals surface area contributed by atoms with E-state index < -0.39 is 9.84 Å². The van der Waals surface area contributed by atoms with E-state index in [1.54, 1.807) is 13.8 Å². The van der Waals surface area contributed by atoms with Crippen molar-refractivity contribution in [2.24, 2.45) is 0 Å². The van der Waals surface area contributed by atoms with Crippen LogP contribution in [0.25, 0.3) is 0 Å². The fourth-order valence-electron chi connectivity index (χ4n) is 1.29. The molecule has 0 aliphatic carbocycles. The Labute approximate surface area is 101 Å². The van der Waals surface area contributed by atoms with Crippen molar-refractivity contribution in [1.29, 1.82) is 0 Å². The highest BCUT2D eigenvalue weighted by Crippen LogP contribution is 2.13. The molecule has 0 aromatic heterocycles. The van der Waals surface area contributed by atoms with Gasteiger partial charge in [0.05, 0.1) is 10.5 Å². The van der Waals surface area contributed by atoms with Crippen LogP contribution < -0.4 is 5.32 Å². The summed E-state index contributed by atoms with van der Waals surface area (Å²) in [5.74, 6) is 0. The molecule has 0 spiro atoms. The van der Waals surface area contributed by atoms with Crippen LogP contribution in [0.5, 0.6) is 0 Å². The minimum Gasteiger partial charge on any atom is -0.311 e. The topological polar surface area (TPSA) is 46.2 Å². The van der Waals surface area contributed by atoms with Crippen LogP contribution >= 0.6 is 0 Å². The summed E-state index contributed by atoms with van der Waals surface area (Å²) in [6.07, 6.45) is 1.67. The zero-order valence-corrected chi connectivity index (χ0v) is 12.3. The molecule has 0 bridgehead atoms. The van der Waals surface area contributed by atoms with E-state index in [2.05, 4.69) is 26.1 Å². The fraction of sp³-hybridized carbons (Fsp3) is 1.00. The van der Waals surface area contributed by atoms with Crippen LogP contribution in [0.15, 0.2) is 0 Å². The molecule has 0 amide bonds. The SMILES string of the molecule is CCC(C)S(=O)(=O)C(C)CNC(C)(C)CC. The number of hydrogen-bond acceptors (Lipinski definition) is 3. The van der Waals surface area contributed by atoms with Gasteiger partial charge in [0.1, 0.15) is 0 Å². The first-order valence-electron chi connectivity index (χ1n) is 6.15. The van der Waals surface area contributed by atoms with Gasteiger partial charge in [0.25, 0.3) is 0 Å². The molecule has 0 saturated heterocycles. The summed E-state index contributed by atoms with van der Waals surface area (Å²) in [6, 6.07) is 0. The molecule has 4 heteroatoms. The van der Waals surface area contributed by atoms with Gasteiger partial charge in [-0.1, -0.05) is 13.8 Å². The minimum atomic E-state index is -2.98. The summed E-state index contributed by atoms with van der Waals surface area (Å²) in [7, 11) is -2.98. The Morgan fingerprint density at radius 1 is 1.12 bits per heavy atom. The van der Waals surface area contributed by atoms with Gasteiger partial charge in [0.15, 0.2) is 9.84 Å². The molecule has 2 unspecified atom stereocenters. The highest BCUT2D eigenvalue weighted by molar-refractivity contribution is 7.92. The van der Waals surface area contributed by atoms with Crippen molar-refractivity contribution in [1.82, 2.24) is 5.32 Å². The van der Waals surface area contributed by atoms with Crippen LogP contribution in [-0.2, 0) is 9.84 Å². The number of sulfone groups is 1. The molecule has 0 heterocycles. The second-order valence-corrected chi connectivity index (χ2v) is 8.02. The van der Waals surface area contributed by atoms with Gasteiger partial charge in [-0.2, -0.15) is 0 Å². The number of hydrogen-bond donors (Lipinski definition) is 1. The molecule has 98 valence electrons. The zero-order valence-electron chi connectivity index (χ0n) is 11.5. The van der Waals surface area contributed by atoms with Crippen molar-refractivity contribution in [3.63, 3.8) is 0 Å². The number of nitrogens with one attached hydrogen (secondary N) is 1. The van der Waals surface area contributed by atoms with Gasteiger partial charge >= 0.3 is 0 Å². The molecule has 0 rings (SSSR count). The summed E-state index contributed by atoms with van der Waals surface area (Å²) in [4.78, 5) is 0. The molecular weight excluding hydrogens is 222 g/mol. The van der Waals surface area contributed by atoms with Crippen molar-refractivity contribution in [2.75, 3.05) is 6.54 Å². The van der Waals surface area contributed by atoms with Gasteiger partial charge < -0.3 is 5.32 Å². The van der Waals surface area contributed by atoms with Crippen LogP contribution in [-0.4, -0.2) is 31.0 Å². The first kappa shape index (κ1) is 15.9. The van der Waals surface area contributed by atoms with Gasteiger partial charge in [-0.25, -0.2) is 8.42 Å². The van der Waals surface area contributed by atoms with Gasteiger partial charge in [-0.3, -0.25) is 0 Å². The Balaban J connectivity index is 4.43. The van der Waals surface area contributed by atoms with Crippen molar-refractivity contribution in [3.8, 4) is 0 Å². The maximum atomic E-state index is 12.0. The van der Waals surface area contributed by atoms with Crippen LogP contribution in [0.4, 0.5) is 0 Å². The van der Waals surface area contributed by atoms with Crippen LogP contribution in [0.3, 0.4) is 0 Å². The van der Waals surface area contributed by atoms with E-state index >= 15 is 0 Å². The largest absolute Gasteiger partial charge is 0.311 e. The monoisotopic (exact) mass is 249 g/mol. The van der Waals surface area contributed by atoms with Crippen molar-refractivity contribution >= 4 is 9.84 Å². The maximum absolute atomic E-state index is 12.0. The molecule has 3 nitrogen and oxygen atoms in total. The Morgan fingerprint density at radius 3 is 2.00 bits per heavy atom. The lowest BCUT2D eigenvalue weighted by Crippen LogP contribution is -2.45. The third-order valence-corrected chi connectivity index (χ3v) is 6.19. The average molecular weight is 249 g/mol. The Morgan fingerprint density at radius 2 is 1.62 bits per heavy atom. The molecule has 0 aromatic carbocycles. The van der Waals surface area contributed by atoms with E-state index in [4.69, 9.17) is 0 Å². The molecule has 0 radical (unpaired) electrons. The number of rotatable bonds is 7. The van der Waals surface area contributed by atoms with E-state index in [0.717, 1.165) is 6.42 Å². The molecule has 0 fully saturated rings. The predicted molar refractivity (Wildman–Crippen MR) is 70.5 cm³/mol. The van der Waals surface area contributed by atoms with Gasteiger partial charge in [0, 0.05) is 12.1 Å². The van der Waals surface area contributed by atoms with Gasteiger partial charge in [0.2, 0.25) is 0 Å². The molecule has 16 heavy (non-hydrogen) atoms. The Bertz CT molecular complexity index is 296. The summed E-state index contributed by atoms with van der Waals surface area (Å²) < 4.78 is 24.1. The average Bonchev–Trinajstić information content (AvgIpc) is 2.24. The maximum Gasteiger partial charge on any atom is 0.156 e. The molecule has 1 N–H and O–H groups in total. The van der Waals surface area contributed by atoms with Crippen LogP contribution in [0, 0.1) is 0 Å². The van der Waals surface area contributed by atoms with Gasteiger partial charge in [-0.15, -0.1) is 0 Å². The third kappa shape index (κ3) is 4.42. The Kier molecular flexibility index (Phi) is 5.98. The standard InChI is InChI=1S/C12H27NO2S/c1-7-10(3)16(14,15)11(4)9-13-12(5,6)8-2/h10-11,13H,7-9H2,1-6H3. The molecule has 0 saturated carbocycles. The van der Waals surface area contributed by atoms with E-state index in [-0.39, 0.29) is 16.0 Å². The van der Waals surface area contributed by atoms with E-state index in [9.17, 15) is 8.42 Å². The van der Waals surface area contributed by atoms with Crippen LogP contribution in [0.2, 0.25) is 0 Å². The fourth-order valence-corrected chi connectivity index (χ4v) is 2.86. The smallest absolute Gasteiger partial charge is 0.156 e. The molecule has 2 atom stereocenters. The van der Waals surface area contributed by atoms with E-state index in [1.807, 2.05) is 6.92 Å². The van der Waals surface area contributed by atoms with E-state index in [1.165, 1.54) is 0 Å².